The van der Waals surface area contributed by atoms with Gasteiger partial charge < -0.3 is 15.5 Å². The van der Waals surface area contributed by atoms with Crippen LogP contribution in [-0.2, 0) is 14.4 Å². The average molecular weight is 249 g/mol. The van der Waals surface area contributed by atoms with Crippen molar-refractivity contribution in [2.75, 3.05) is 5.75 Å². The molecule has 1 atom stereocenters. The molecule has 0 radical (unpaired) electrons. The summed E-state index contributed by atoms with van der Waals surface area (Å²) in [5.41, 5.74) is 0. The quantitative estimate of drug-likeness (QED) is 0.458. The van der Waals surface area contributed by atoms with Gasteiger partial charge in [-0.05, 0) is 18.6 Å². The Morgan fingerprint density at radius 3 is 2.25 bits per heavy atom. The lowest BCUT2D eigenvalue weighted by Crippen LogP contribution is -2.41. The van der Waals surface area contributed by atoms with Gasteiger partial charge in [-0.15, -0.1) is 0 Å². The lowest BCUT2D eigenvalue weighted by Gasteiger charge is -2.12. The summed E-state index contributed by atoms with van der Waals surface area (Å²) in [6.07, 6.45) is 0.359. The van der Waals surface area contributed by atoms with Gasteiger partial charge in [0.2, 0.25) is 5.91 Å². The number of thiol groups is 1. The zero-order valence-corrected chi connectivity index (χ0v) is 9.57. The Morgan fingerprint density at radius 1 is 1.19 bits per heavy atom. The maximum atomic E-state index is 11.2. The first-order valence-corrected chi connectivity index (χ1v) is 5.45. The molecule has 0 fully saturated rings. The van der Waals surface area contributed by atoms with Crippen LogP contribution in [0.1, 0.15) is 25.7 Å². The van der Waals surface area contributed by atoms with E-state index in [1.54, 1.807) is 0 Å². The van der Waals surface area contributed by atoms with Gasteiger partial charge in [0.05, 0.1) is 0 Å². The summed E-state index contributed by atoms with van der Waals surface area (Å²) < 4.78 is 0. The van der Waals surface area contributed by atoms with Crippen LogP contribution in [-0.4, -0.2) is 39.9 Å². The van der Waals surface area contributed by atoms with E-state index in [-0.39, 0.29) is 25.7 Å². The van der Waals surface area contributed by atoms with Gasteiger partial charge >= 0.3 is 11.9 Å². The van der Waals surface area contributed by atoms with Crippen LogP contribution < -0.4 is 5.32 Å². The van der Waals surface area contributed by atoms with Gasteiger partial charge in [-0.2, -0.15) is 12.6 Å². The standard InChI is InChI=1S/C9H15NO5S/c11-7(2-1-3-8(12)13)10-6(4-5-16)9(14)15/h6,16H,1-5H2,(H,10,11)(H,12,13)(H,14,15)/t6-/m0/s1. The molecule has 7 heteroatoms. The predicted molar refractivity (Wildman–Crippen MR) is 59.5 cm³/mol. The van der Waals surface area contributed by atoms with E-state index < -0.39 is 23.9 Å². The minimum Gasteiger partial charge on any atom is -0.481 e. The van der Waals surface area contributed by atoms with Crippen LogP contribution in [0.3, 0.4) is 0 Å². The molecule has 0 saturated heterocycles. The largest absolute Gasteiger partial charge is 0.481 e. The van der Waals surface area contributed by atoms with E-state index in [4.69, 9.17) is 10.2 Å². The number of nitrogens with one attached hydrogen (secondary N) is 1. The average Bonchev–Trinajstić information content (AvgIpc) is 2.16. The normalized spacial score (nSPS) is 11.8. The second-order valence-corrected chi connectivity index (χ2v) is 3.67. The third kappa shape index (κ3) is 7.10. The Morgan fingerprint density at radius 2 is 1.81 bits per heavy atom. The molecular weight excluding hydrogens is 234 g/mol. The number of carboxylic acids is 2. The van der Waals surface area contributed by atoms with Gasteiger partial charge in [0.1, 0.15) is 6.04 Å². The first kappa shape index (κ1) is 14.8. The monoisotopic (exact) mass is 249 g/mol. The summed E-state index contributed by atoms with van der Waals surface area (Å²) in [5, 5.41) is 19.4. The van der Waals surface area contributed by atoms with Gasteiger partial charge in [-0.3, -0.25) is 9.59 Å². The molecule has 0 spiro atoms. The summed E-state index contributed by atoms with van der Waals surface area (Å²) in [6, 6.07) is -0.949. The van der Waals surface area contributed by atoms with E-state index in [0.717, 1.165) is 0 Å². The minimum atomic E-state index is -1.11. The first-order valence-electron chi connectivity index (χ1n) is 4.82. The van der Waals surface area contributed by atoms with Gasteiger partial charge in [0, 0.05) is 12.8 Å². The fourth-order valence-electron chi connectivity index (χ4n) is 1.05. The fourth-order valence-corrected chi connectivity index (χ4v) is 1.31. The third-order valence-corrected chi connectivity index (χ3v) is 2.10. The van der Waals surface area contributed by atoms with Crippen LogP contribution in [0.5, 0.6) is 0 Å². The van der Waals surface area contributed by atoms with Crippen LogP contribution in [0.15, 0.2) is 0 Å². The van der Waals surface area contributed by atoms with E-state index in [0.29, 0.717) is 5.75 Å². The molecule has 1 amide bonds. The third-order valence-electron chi connectivity index (χ3n) is 1.85. The topological polar surface area (TPSA) is 104 Å². The molecule has 0 aromatic heterocycles. The van der Waals surface area contributed by atoms with E-state index in [1.807, 2.05) is 0 Å². The van der Waals surface area contributed by atoms with Crippen LogP contribution >= 0.6 is 12.6 Å². The van der Waals surface area contributed by atoms with Crippen LogP contribution in [0, 0.1) is 0 Å². The SMILES string of the molecule is O=C(O)CCCC(=O)N[C@@H](CCS)C(=O)O. The van der Waals surface area contributed by atoms with Crippen LogP contribution in [0.25, 0.3) is 0 Å². The van der Waals surface area contributed by atoms with Gasteiger partial charge in [0.25, 0.3) is 0 Å². The zero-order valence-electron chi connectivity index (χ0n) is 8.68. The number of carbonyl (C=O) groups excluding carboxylic acids is 1. The van der Waals surface area contributed by atoms with Crippen molar-refractivity contribution in [2.45, 2.75) is 31.7 Å². The number of hydrogen-bond donors (Lipinski definition) is 4. The molecule has 0 heterocycles. The summed E-state index contributed by atoms with van der Waals surface area (Å²) >= 11 is 3.88. The molecule has 0 rings (SSSR count). The molecular formula is C9H15NO5S. The molecule has 0 unspecified atom stereocenters. The molecule has 0 aliphatic heterocycles. The number of amides is 1. The Labute approximate surface area is 98.4 Å². The molecule has 16 heavy (non-hydrogen) atoms. The molecule has 92 valence electrons. The zero-order chi connectivity index (χ0) is 12.6. The van der Waals surface area contributed by atoms with Crippen LogP contribution in [0.4, 0.5) is 0 Å². The van der Waals surface area contributed by atoms with Gasteiger partial charge in [-0.1, -0.05) is 0 Å². The van der Waals surface area contributed by atoms with Crippen molar-refractivity contribution in [3.8, 4) is 0 Å². The molecule has 0 aliphatic carbocycles. The van der Waals surface area contributed by atoms with Crippen molar-refractivity contribution < 1.29 is 24.6 Å². The predicted octanol–water partition coefficient (Wildman–Crippen LogP) is 0.131. The van der Waals surface area contributed by atoms with Crippen molar-refractivity contribution in [3.63, 3.8) is 0 Å². The minimum absolute atomic E-state index is 0.0165. The van der Waals surface area contributed by atoms with Crippen molar-refractivity contribution in [2.24, 2.45) is 0 Å². The highest BCUT2D eigenvalue weighted by Crippen LogP contribution is 1.99. The molecule has 0 saturated carbocycles. The highest BCUT2D eigenvalue weighted by Gasteiger charge is 2.18. The second kappa shape index (κ2) is 7.98. The molecule has 6 nitrogen and oxygen atoms in total. The second-order valence-electron chi connectivity index (χ2n) is 3.22. The molecule has 3 N–H and O–H groups in total. The summed E-state index contributed by atoms with van der Waals surface area (Å²) in [4.78, 5) is 32.1. The Bertz CT molecular complexity index is 269. The summed E-state index contributed by atoms with van der Waals surface area (Å²) in [7, 11) is 0. The Kier molecular flexibility index (Phi) is 7.36. The van der Waals surface area contributed by atoms with Gasteiger partial charge in [0.15, 0.2) is 0 Å². The first-order chi connectivity index (χ1) is 7.47. The van der Waals surface area contributed by atoms with E-state index in [2.05, 4.69) is 17.9 Å². The maximum absolute atomic E-state index is 11.2. The maximum Gasteiger partial charge on any atom is 0.326 e. The molecule has 0 aromatic carbocycles. The van der Waals surface area contributed by atoms with Gasteiger partial charge in [-0.25, -0.2) is 4.79 Å². The lowest BCUT2D eigenvalue weighted by atomic mass is 10.2. The lowest BCUT2D eigenvalue weighted by molar-refractivity contribution is -0.142. The fraction of sp³-hybridized carbons (Fsp3) is 0.667. The van der Waals surface area contributed by atoms with Crippen LogP contribution in [0.2, 0.25) is 0 Å². The number of rotatable bonds is 8. The smallest absolute Gasteiger partial charge is 0.326 e. The number of carbonyl (C=O) groups is 3. The molecule has 0 aromatic rings. The van der Waals surface area contributed by atoms with E-state index in [9.17, 15) is 14.4 Å². The Hall–Kier alpha value is -1.24. The highest BCUT2D eigenvalue weighted by atomic mass is 32.1. The number of aliphatic carboxylic acids is 2. The van der Waals surface area contributed by atoms with Crippen molar-refractivity contribution in [3.05, 3.63) is 0 Å². The van der Waals surface area contributed by atoms with Crippen molar-refractivity contribution in [1.29, 1.82) is 0 Å². The van der Waals surface area contributed by atoms with E-state index >= 15 is 0 Å². The summed E-state index contributed by atoms with van der Waals surface area (Å²) in [6.45, 7) is 0. The summed E-state index contributed by atoms with van der Waals surface area (Å²) in [5.74, 6) is -2.18. The molecule has 0 bridgehead atoms. The highest BCUT2D eigenvalue weighted by molar-refractivity contribution is 7.80. The number of hydrogen-bond acceptors (Lipinski definition) is 4. The molecule has 0 aliphatic rings. The number of carboxylic acid groups (broad SMARTS) is 2. The van der Waals surface area contributed by atoms with Crippen molar-refractivity contribution in [1.82, 2.24) is 5.32 Å². The Balaban J connectivity index is 3.90. The van der Waals surface area contributed by atoms with E-state index in [1.165, 1.54) is 0 Å². The van der Waals surface area contributed by atoms with Crippen molar-refractivity contribution >= 4 is 30.5 Å².